The molecule has 1 N–H and O–H groups in total. The van der Waals surface area contributed by atoms with E-state index in [0.717, 1.165) is 36.8 Å². The molecule has 0 saturated carbocycles. The number of aliphatic hydroxyl groups excluding tert-OH is 1. The summed E-state index contributed by atoms with van der Waals surface area (Å²) in [7, 11) is 0. The van der Waals surface area contributed by atoms with Crippen LogP contribution in [-0.2, 0) is 17.9 Å². The van der Waals surface area contributed by atoms with Crippen molar-refractivity contribution in [2.45, 2.75) is 19.3 Å². The zero-order valence-corrected chi connectivity index (χ0v) is 12.1. The van der Waals surface area contributed by atoms with E-state index in [1.807, 2.05) is 23.7 Å². The fourth-order valence-electron chi connectivity index (χ4n) is 2.40. The van der Waals surface area contributed by atoms with Crippen molar-refractivity contribution < 1.29 is 9.84 Å². The first-order valence-corrected chi connectivity index (χ1v) is 7.65. The lowest BCUT2D eigenvalue weighted by molar-refractivity contribution is -0.0330. The molecular formula is C15H18N2O2S. The van der Waals surface area contributed by atoms with Gasteiger partial charge < -0.3 is 9.84 Å². The number of benzene rings is 1. The Hall–Kier alpha value is -1.27. The van der Waals surface area contributed by atoms with Gasteiger partial charge in [-0.25, -0.2) is 4.98 Å². The standard InChI is InChI=1S/C15H18N2O2S/c18-11-13-3-1-12(2-4-13)9-17-6-7-19-14(10-17)15-16-5-8-20-15/h1-5,8,14,18H,6-7,9-11H2. The minimum atomic E-state index is 0.0977. The normalized spacial score (nSPS) is 20.1. The van der Waals surface area contributed by atoms with E-state index in [4.69, 9.17) is 9.84 Å². The molecule has 2 aromatic rings. The number of hydrogen-bond donors (Lipinski definition) is 1. The topological polar surface area (TPSA) is 45.6 Å². The van der Waals surface area contributed by atoms with E-state index < -0.39 is 0 Å². The quantitative estimate of drug-likeness (QED) is 0.938. The lowest BCUT2D eigenvalue weighted by Crippen LogP contribution is -2.37. The number of ether oxygens (including phenoxy) is 1. The average Bonchev–Trinajstić information content (AvgIpc) is 3.03. The van der Waals surface area contributed by atoms with Gasteiger partial charge in [-0.3, -0.25) is 4.90 Å². The van der Waals surface area contributed by atoms with Crippen molar-refractivity contribution in [3.8, 4) is 0 Å². The Morgan fingerprint density at radius 2 is 2.10 bits per heavy atom. The zero-order valence-electron chi connectivity index (χ0n) is 11.2. The number of morpholine rings is 1. The summed E-state index contributed by atoms with van der Waals surface area (Å²) in [6.45, 7) is 3.60. The number of hydrogen-bond acceptors (Lipinski definition) is 5. The number of nitrogens with zero attached hydrogens (tertiary/aromatic N) is 2. The second-order valence-corrected chi connectivity index (χ2v) is 5.87. The Bertz CT molecular complexity index is 527. The monoisotopic (exact) mass is 290 g/mol. The van der Waals surface area contributed by atoms with Crippen LogP contribution >= 0.6 is 11.3 Å². The fraction of sp³-hybridized carbons (Fsp3) is 0.400. The Morgan fingerprint density at radius 3 is 2.80 bits per heavy atom. The van der Waals surface area contributed by atoms with Gasteiger partial charge in [0.25, 0.3) is 0 Å². The van der Waals surface area contributed by atoms with Gasteiger partial charge in [-0.05, 0) is 11.1 Å². The van der Waals surface area contributed by atoms with Gasteiger partial charge in [0.15, 0.2) is 0 Å². The van der Waals surface area contributed by atoms with Crippen LogP contribution in [0.15, 0.2) is 35.8 Å². The summed E-state index contributed by atoms with van der Waals surface area (Å²) in [6.07, 6.45) is 1.93. The molecule has 0 amide bonds. The van der Waals surface area contributed by atoms with Crippen molar-refractivity contribution in [3.05, 3.63) is 52.0 Å². The van der Waals surface area contributed by atoms with Crippen LogP contribution in [0.2, 0.25) is 0 Å². The van der Waals surface area contributed by atoms with Crippen LogP contribution in [-0.4, -0.2) is 34.7 Å². The van der Waals surface area contributed by atoms with Gasteiger partial charge in [0, 0.05) is 31.2 Å². The first kappa shape index (κ1) is 13.7. The summed E-state index contributed by atoms with van der Waals surface area (Å²) in [6, 6.07) is 8.13. The first-order valence-electron chi connectivity index (χ1n) is 6.77. The molecule has 20 heavy (non-hydrogen) atoms. The van der Waals surface area contributed by atoms with Crippen molar-refractivity contribution in [2.24, 2.45) is 0 Å². The summed E-state index contributed by atoms with van der Waals surface area (Å²) < 4.78 is 5.80. The maximum atomic E-state index is 9.06. The molecule has 1 saturated heterocycles. The van der Waals surface area contributed by atoms with Crippen LogP contribution in [0.25, 0.3) is 0 Å². The summed E-state index contributed by atoms with van der Waals surface area (Å²) in [5, 5.41) is 12.1. The SMILES string of the molecule is OCc1ccc(CN2CCOC(c3nccs3)C2)cc1. The van der Waals surface area contributed by atoms with Crippen LogP contribution in [0, 0.1) is 0 Å². The third kappa shape index (κ3) is 3.24. The van der Waals surface area contributed by atoms with Gasteiger partial charge >= 0.3 is 0 Å². The van der Waals surface area contributed by atoms with Crippen LogP contribution < -0.4 is 0 Å². The molecule has 3 rings (SSSR count). The van der Waals surface area contributed by atoms with E-state index in [1.54, 1.807) is 11.3 Å². The highest BCUT2D eigenvalue weighted by Crippen LogP contribution is 2.24. The second-order valence-electron chi connectivity index (χ2n) is 4.94. The highest BCUT2D eigenvalue weighted by atomic mass is 32.1. The van der Waals surface area contributed by atoms with Gasteiger partial charge in [0.05, 0.1) is 13.2 Å². The van der Waals surface area contributed by atoms with E-state index in [1.165, 1.54) is 5.56 Å². The Labute approximate surface area is 122 Å². The molecule has 106 valence electrons. The smallest absolute Gasteiger partial charge is 0.123 e. The van der Waals surface area contributed by atoms with Gasteiger partial charge in [-0.2, -0.15) is 0 Å². The van der Waals surface area contributed by atoms with Gasteiger partial charge in [-0.15, -0.1) is 11.3 Å². The number of aliphatic hydroxyl groups is 1. The van der Waals surface area contributed by atoms with Crippen molar-refractivity contribution in [1.82, 2.24) is 9.88 Å². The van der Waals surface area contributed by atoms with E-state index in [-0.39, 0.29) is 12.7 Å². The molecule has 1 unspecified atom stereocenters. The third-order valence-electron chi connectivity index (χ3n) is 3.49. The molecule has 0 aliphatic carbocycles. The van der Waals surface area contributed by atoms with Crippen LogP contribution in [0.5, 0.6) is 0 Å². The lowest BCUT2D eigenvalue weighted by Gasteiger charge is -2.32. The maximum Gasteiger partial charge on any atom is 0.123 e. The minimum Gasteiger partial charge on any atom is -0.392 e. The van der Waals surface area contributed by atoms with Crippen molar-refractivity contribution in [1.29, 1.82) is 0 Å². The largest absolute Gasteiger partial charge is 0.392 e. The highest BCUT2D eigenvalue weighted by molar-refractivity contribution is 7.09. The minimum absolute atomic E-state index is 0.0977. The highest BCUT2D eigenvalue weighted by Gasteiger charge is 2.23. The maximum absolute atomic E-state index is 9.06. The number of aromatic nitrogens is 1. The zero-order chi connectivity index (χ0) is 13.8. The van der Waals surface area contributed by atoms with Gasteiger partial charge in [0.2, 0.25) is 0 Å². The molecule has 1 atom stereocenters. The summed E-state index contributed by atoms with van der Waals surface area (Å²) in [5.74, 6) is 0. The molecule has 1 aromatic heterocycles. The Kier molecular flexibility index (Phi) is 4.42. The first-order chi connectivity index (χ1) is 9.85. The van der Waals surface area contributed by atoms with E-state index in [2.05, 4.69) is 22.0 Å². The number of rotatable bonds is 4. The van der Waals surface area contributed by atoms with Crippen molar-refractivity contribution >= 4 is 11.3 Å². The molecule has 0 spiro atoms. The molecule has 1 aromatic carbocycles. The molecule has 5 heteroatoms. The summed E-state index contributed by atoms with van der Waals surface area (Å²) >= 11 is 1.65. The second kappa shape index (κ2) is 6.45. The van der Waals surface area contributed by atoms with E-state index >= 15 is 0 Å². The lowest BCUT2D eigenvalue weighted by atomic mass is 10.1. The average molecular weight is 290 g/mol. The van der Waals surface area contributed by atoms with Crippen LogP contribution in [0.1, 0.15) is 22.2 Å². The van der Waals surface area contributed by atoms with Gasteiger partial charge in [-0.1, -0.05) is 24.3 Å². The van der Waals surface area contributed by atoms with Crippen LogP contribution in [0.4, 0.5) is 0 Å². The fourth-order valence-corrected chi connectivity index (χ4v) is 3.07. The molecule has 4 nitrogen and oxygen atoms in total. The summed E-state index contributed by atoms with van der Waals surface area (Å²) in [5.41, 5.74) is 2.22. The molecule has 1 fully saturated rings. The van der Waals surface area contributed by atoms with E-state index in [0.29, 0.717) is 0 Å². The predicted octanol–water partition coefficient (Wildman–Crippen LogP) is 2.21. The van der Waals surface area contributed by atoms with Crippen LogP contribution in [0.3, 0.4) is 0 Å². The molecular weight excluding hydrogens is 272 g/mol. The molecule has 1 aliphatic rings. The number of thiazole rings is 1. The van der Waals surface area contributed by atoms with Gasteiger partial charge in [0.1, 0.15) is 11.1 Å². The van der Waals surface area contributed by atoms with Crippen molar-refractivity contribution in [3.63, 3.8) is 0 Å². The Morgan fingerprint density at radius 1 is 1.30 bits per heavy atom. The molecule has 2 heterocycles. The Balaban J connectivity index is 1.62. The molecule has 0 bridgehead atoms. The van der Waals surface area contributed by atoms with Crippen molar-refractivity contribution in [2.75, 3.05) is 19.7 Å². The summed E-state index contributed by atoms with van der Waals surface area (Å²) in [4.78, 5) is 6.74. The molecule has 0 radical (unpaired) electrons. The third-order valence-corrected chi connectivity index (χ3v) is 4.36. The van der Waals surface area contributed by atoms with E-state index in [9.17, 15) is 0 Å². The molecule has 1 aliphatic heterocycles. The predicted molar refractivity (Wildman–Crippen MR) is 78.4 cm³/mol.